The first-order valence-electron chi connectivity index (χ1n) is 9.84. The summed E-state index contributed by atoms with van der Waals surface area (Å²) in [5.41, 5.74) is 7.04. The Morgan fingerprint density at radius 2 is 1.86 bits per heavy atom. The number of carbonyl (C=O) groups excluding carboxylic acids is 1. The quantitative estimate of drug-likeness (QED) is 0.507. The van der Waals surface area contributed by atoms with Gasteiger partial charge in [0.05, 0.1) is 28.9 Å². The number of furan rings is 1. The summed E-state index contributed by atoms with van der Waals surface area (Å²) in [7, 11) is 0. The van der Waals surface area contributed by atoms with Gasteiger partial charge in [0.15, 0.2) is 5.58 Å². The van der Waals surface area contributed by atoms with E-state index in [9.17, 15) is 4.79 Å². The highest BCUT2D eigenvalue weighted by Gasteiger charge is 2.21. The van der Waals surface area contributed by atoms with Crippen molar-refractivity contribution in [3.63, 3.8) is 0 Å². The smallest absolute Gasteiger partial charge is 0.272 e. The maximum Gasteiger partial charge on any atom is 0.272 e. The highest BCUT2D eigenvalue weighted by atomic mass is 16.3. The van der Waals surface area contributed by atoms with E-state index < -0.39 is 0 Å². The summed E-state index contributed by atoms with van der Waals surface area (Å²) in [5, 5.41) is 7.64. The molecule has 6 nitrogen and oxygen atoms in total. The van der Waals surface area contributed by atoms with E-state index in [4.69, 9.17) is 4.42 Å². The predicted molar refractivity (Wildman–Crippen MR) is 115 cm³/mol. The van der Waals surface area contributed by atoms with Crippen molar-refractivity contribution in [2.75, 3.05) is 5.32 Å². The van der Waals surface area contributed by atoms with Gasteiger partial charge in [-0.15, -0.1) is 0 Å². The third-order valence-electron chi connectivity index (χ3n) is 5.27. The van der Waals surface area contributed by atoms with Gasteiger partial charge < -0.3 is 14.3 Å². The fourth-order valence-electron chi connectivity index (χ4n) is 3.74. The summed E-state index contributed by atoms with van der Waals surface area (Å²) in [6.45, 7) is 10.7. The highest BCUT2D eigenvalue weighted by molar-refractivity contribution is 6.06. The molecular formula is C23H26N4O2. The molecule has 4 rings (SSSR count). The summed E-state index contributed by atoms with van der Waals surface area (Å²) in [6, 6.07) is 12.3. The van der Waals surface area contributed by atoms with Crippen LogP contribution in [-0.2, 0) is 6.54 Å². The van der Waals surface area contributed by atoms with Crippen molar-refractivity contribution in [1.82, 2.24) is 14.3 Å². The number of benzene rings is 1. The molecule has 0 saturated carbocycles. The van der Waals surface area contributed by atoms with Crippen LogP contribution in [0.5, 0.6) is 0 Å². The second-order valence-corrected chi connectivity index (χ2v) is 7.81. The number of nitrogens with zero attached hydrogens (tertiary/aromatic N) is 3. The fraction of sp³-hybridized carbons (Fsp3) is 0.304. The molecular weight excluding hydrogens is 364 g/mol. The maximum atomic E-state index is 13.2. The lowest BCUT2D eigenvalue weighted by molar-refractivity contribution is 0.101. The standard InChI is InChI=1S/C23H26N4O2/c1-14(2)27-17(5)22(16(4)25-27)24-23(28)20-12-21-19(10-11-29-21)26(20)13-18-8-6-15(3)7-9-18/h6-12,14H,13H2,1-5H3,(H,24,28). The molecule has 6 heteroatoms. The van der Waals surface area contributed by atoms with Crippen molar-refractivity contribution < 1.29 is 9.21 Å². The van der Waals surface area contributed by atoms with Gasteiger partial charge in [0.2, 0.25) is 0 Å². The van der Waals surface area contributed by atoms with E-state index in [1.54, 1.807) is 12.3 Å². The summed E-state index contributed by atoms with van der Waals surface area (Å²) in [5.74, 6) is -0.169. The SMILES string of the molecule is Cc1ccc(Cn2c(C(=O)Nc3c(C)nn(C(C)C)c3C)cc3occc32)cc1. The molecule has 0 aliphatic carbocycles. The molecule has 4 aromatic rings. The van der Waals surface area contributed by atoms with Crippen molar-refractivity contribution in [1.29, 1.82) is 0 Å². The number of rotatable bonds is 5. The minimum absolute atomic E-state index is 0.169. The molecule has 3 heterocycles. The number of nitrogens with one attached hydrogen (secondary N) is 1. The average Bonchev–Trinajstić information content (AvgIpc) is 3.34. The average molecular weight is 390 g/mol. The number of carbonyl (C=O) groups is 1. The lowest BCUT2D eigenvalue weighted by Crippen LogP contribution is -2.18. The Hall–Kier alpha value is -3.28. The van der Waals surface area contributed by atoms with Crippen LogP contribution < -0.4 is 5.32 Å². The van der Waals surface area contributed by atoms with Gasteiger partial charge in [-0.25, -0.2) is 0 Å². The zero-order valence-electron chi connectivity index (χ0n) is 17.5. The first-order chi connectivity index (χ1) is 13.8. The first kappa shape index (κ1) is 19.1. The summed E-state index contributed by atoms with van der Waals surface area (Å²) in [6.07, 6.45) is 1.65. The van der Waals surface area contributed by atoms with Gasteiger partial charge in [-0.1, -0.05) is 29.8 Å². The predicted octanol–water partition coefficient (Wildman–Crippen LogP) is 5.24. The van der Waals surface area contributed by atoms with Gasteiger partial charge in [0, 0.05) is 24.7 Å². The number of hydrogen-bond acceptors (Lipinski definition) is 3. The largest absolute Gasteiger partial charge is 0.463 e. The molecule has 0 atom stereocenters. The minimum atomic E-state index is -0.169. The van der Waals surface area contributed by atoms with Crippen LogP contribution in [0.15, 0.2) is 47.1 Å². The number of hydrogen-bond donors (Lipinski definition) is 1. The van der Waals surface area contributed by atoms with Crippen molar-refractivity contribution in [3.05, 3.63) is 70.9 Å². The molecule has 3 aromatic heterocycles. The Morgan fingerprint density at radius 3 is 2.52 bits per heavy atom. The Labute approximate surface area is 170 Å². The van der Waals surface area contributed by atoms with E-state index in [-0.39, 0.29) is 11.9 Å². The highest BCUT2D eigenvalue weighted by Crippen LogP contribution is 2.26. The molecule has 0 bridgehead atoms. The van der Waals surface area contributed by atoms with Crippen LogP contribution in [0.1, 0.15) is 52.9 Å². The Balaban J connectivity index is 1.70. The van der Waals surface area contributed by atoms with Crippen LogP contribution in [-0.4, -0.2) is 20.3 Å². The lowest BCUT2D eigenvalue weighted by Gasteiger charge is -2.12. The maximum absolute atomic E-state index is 13.2. The third kappa shape index (κ3) is 3.46. The molecule has 0 radical (unpaired) electrons. The molecule has 1 aromatic carbocycles. The van der Waals surface area contributed by atoms with Gasteiger partial charge in [-0.3, -0.25) is 9.48 Å². The summed E-state index contributed by atoms with van der Waals surface area (Å²) < 4.78 is 9.49. The van der Waals surface area contributed by atoms with Crippen LogP contribution in [0.3, 0.4) is 0 Å². The van der Waals surface area contributed by atoms with Crippen molar-refractivity contribution in [2.45, 2.75) is 47.2 Å². The Morgan fingerprint density at radius 1 is 1.14 bits per heavy atom. The van der Waals surface area contributed by atoms with E-state index >= 15 is 0 Å². The van der Waals surface area contributed by atoms with E-state index in [2.05, 4.69) is 55.5 Å². The third-order valence-corrected chi connectivity index (χ3v) is 5.27. The van der Waals surface area contributed by atoms with Gasteiger partial charge in [0.1, 0.15) is 5.69 Å². The lowest BCUT2D eigenvalue weighted by atomic mass is 10.1. The van der Waals surface area contributed by atoms with E-state index in [0.29, 0.717) is 17.8 Å². The zero-order chi connectivity index (χ0) is 20.7. The van der Waals surface area contributed by atoms with Crippen molar-refractivity contribution in [2.24, 2.45) is 0 Å². The monoisotopic (exact) mass is 390 g/mol. The molecule has 0 spiro atoms. The second kappa shape index (κ2) is 7.28. The van der Waals surface area contributed by atoms with Crippen LogP contribution in [0.25, 0.3) is 11.1 Å². The number of aromatic nitrogens is 3. The molecule has 1 amide bonds. The zero-order valence-corrected chi connectivity index (χ0v) is 17.5. The van der Waals surface area contributed by atoms with Crippen molar-refractivity contribution >= 4 is 22.7 Å². The van der Waals surface area contributed by atoms with E-state index in [1.165, 1.54) is 5.56 Å². The van der Waals surface area contributed by atoms with Crippen LogP contribution in [0.2, 0.25) is 0 Å². The minimum Gasteiger partial charge on any atom is -0.463 e. The molecule has 0 fully saturated rings. The number of aryl methyl sites for hydroxylation is 2. The topological polar surface area (TPSA) is 65.0 Å². The molecule has 29 heavy (non-hydrogen) atoms. The molecule has 0 aliphatic heterocycles. The van der Waals surface area contributed by atoms with Crippen molar-refractivity contribution in [3.8, 4) is 0 Å². The van der Waals surface area contributed by atoms with Crippen LogP contribution in [0.4, 0.5) is 5.69 Å². The van der Waals surface area contributed by atoms with Gasteiger partial charge in [0.25, 0.3) is 5.91 Å². The molecule has 0 aliphatic rings. The number of fused-ring (bicyclic) bond motifs is 1. The van der Waals surface area contributed by atoms with E-state index in [0.717, 1.165) is 28.2 Å². The molecule has 150 valence electrons. The fourth-order valence-corrected chi connectivity index (χ4v) is 3.74. The van der Waals surface area contributed by atoms with Gasteiger partial charge in [-0.05, 0) is 40.2 Å². The number of amides is 1. The van der Waals surface area contributed by atoms with Crippen LogP contribution >= 0.6 is 0 Å². The van der Waals surface area contributed by atoms with Gasteiger partial charge >= 0.3 is 0 Å². The first-order valence-corrected chi connectivity index (χ1v) is 9.84. The molecule has 0 unspecified atom stereocenters. The Bertz CT molecular complexity index is 1180. The molecule has 0 saturated heterocycles. The summed E-state index contributed by atoms with van der Waals surface area (Å²) >= 11 is 0. The van der Waals surface area contributed by atoms with Crippen LogP contribution in [0, 0.1) is 20.8 Å². The second-order valence-electron chi connectivity index (χ2n) is 7.81. The molecule has 1 N–H and O–H groups in total. The van der Waals surface area contributed by atoms with Gasteiger partial charge in [-0.2, -0.15) is 5.10 Å². The number of anilines is 1. The van der Waals surface area contributed by atoms with E-state index in [1.807, 2.05) is 29.2 Å². The summed E-state index contributed by atoms with van der Waals surface area (Å²) in [4.78, 5) is 13.2. The normalized spacial score (nSPS) is 11.5. The Kier molecular flexibility index (Phi) is 4.78.